The van der Waals surface area contributed by atoms with E-state index in [1.54, 1.807) is 23.6 Å². The average Bonchev–Trinajstić information content (AvgIpc) is 3.21. The number of carbonyl (C=O) groups excluding carboxylic acids is 2. The lowest BCUT2D eigenvalue weighted by molar-refractivity contribution is -0.139. The zero-order chi connectivity index (χ0) is 20.1. The van der Waals surface area contributed by atoms with Crippen LogP contribution in [0.3, 0.4) is 0 Å². The molecule has 0 bridgehead atoms. The molecule has 1 saturated heterocycles. The van der Waals surface area contributed by atoms with Crippen molar-refractivity contribution in [3.63, 3.8) is 0 Å². The van der Waals surface area contributed by atoms with Crippen LogP contribution < -0.4 is 5.56 Å². The van der Waals surface area contributed by atoms with Gasteiger partial charge in [0.25, 0.3) is 5.56 Å². The highest BCUT2D eigenvalue weighted by Gasteiger charge is 2.21. The summed E-state index contributed by atoms with van der Waals surface area (Å²) in [7, 11) is 1.29. The van der Waals surface area contributed by atoms with Gasteiger partial charge in [0.15, 0.2) is 5.16 Å². The second kappa shape index (κ2) is 9.20. The Morgan fingerprint density at radius 2 is 2.21 bits per heavy atom. The van der Waals surface area contributed by atoms with Gasteiger partial charge in [0, 0.05) is 6.61 Å². The standard InChI is InChI=1S/C19H22N2O6S/c1-3-26-16(22)11-28-19-20-15-9-12(18(24)25-2)6-7-14(15)17(23)21(19)10-13-5-4-8-27-13/h6-7,9,13H,3-5,8,10-11H2,1-2H3/t13-/m0/s1. The third-order valence-electron chi connectivity index (χ3n) is 4.38. The lowest BCUT2D eigenvalue weighted by Gasteiger charge is -2.16. The molecular formula is C19H22N2O6S. The van der Waals surface area contributed by atoms with E-state index < -0.39 is 5.97 Å². The number of ether oxygens (including phenoxy) is 3. The normalized spacial score (nSPS) is 16.3. The number of hydrogen-bond acceptors (Lipinski definition) is 8. The molecule has 2 heterocycles. The number of carbonyl (C=O) groups is 2. The highest BCUT2D eigenvalue weighted by Crippen LogP contribution is 2.22. The van der Waals surface area contributed by atoms with E-state index in [1.807, 2.05) is 0 Å². The van der Waals surface area contributed by atoms with E-state index in [0.29, 0.717) is 34.8 Å². The first-order valence-electron chi connectivity index (χ1n) is 9.06. The van der Waals surface area contributed by atoms with Crippen molar-refractivity contribution in [1.82, 2.24) is 9.55 Å². The fourth-order valence-corrected chi connectivity index (χ4v) is 3.84. The highest BCUT2D eigenvalue weighted by molar-refractivity contribution is 7.99. The SMILES string of the molecule is CCOC(=O)CSc1nc2cc(C(=O)OC)ccc2c(=O)n1C[C@@H]1CCCO1. The van der Waals surface area contributed by atoms with Crippen molar-refractivity contribution < 1.29 is 23.8 Å². The van der Waals surface area contributed by atoms with E-state index in [2.05, 4.69) is 4.98 Å². The Bertz CT molecular complexity index is 936. The van der Waals surface area contributed by atoms with Crippen LogP contribution in [0.1, 0.15) is 30.1 Å². The van der Waals surface area contributed by atoms with E-state index in [4.69, 9.17) is 14.2 Å². The molecule has 1 aliphatic heterocycles. The molecule has 9 heteroatoms. The number of methoxy groups -OCH3 is 1. The van der Waals surface area contributed by atoms with Gasteiger partial charge in [-0.25, -0.2) is 9.78 Å². The summed E-state index contributed by atoms with van der Waals surface area (Å²) in [6.45, 7) is 3.06. The maximum Gasteiger partial charge on any atom is 0.337 e. The largest absolute Gasteiger partial charge is 0.465 e. The summed E-state index contributed by atoms with van der Waals surface area (Å²) in [6, 6.07) is 4.63. The molecule has 1 aromatic heterocycles. The number of hydrogen-bond donors (Lipinski definition) is 0. The van der Waals surface area contributed by atoms with Crippen molar-refractivity contribution in [2.75, 3.05) is 26.1 Å². The summed E-state index contributed by atoms with van der Waals surface area (Å²) in [6.07, 6.45) is 1.76. The van der Waals surface area contributed by atoms with Crippen LogP contribution in [0.15, 0.2) is 28.2 Å². The second-order valence-electron chi connectivity index (χ2n) is 6.26. The average molecular weight is 406 g/mol. The van der Waals surface area contributed by atoms with Crippen LogP contribution in [0.25, 0.3) is 10.9 Å². The first kappa shape index (κ1) is 20.3. The molecule has 0 spiro atoms. The molecule has 0 amide bonds. The van der Waals surface area contributed by atoms with Gasteiger partial charge in [0.1, 0.15) is 0 Å². The Labute approximate surface area is 166 Å². The lowest BCUT2D eigenvalue weighted by atomic mass is 10.1. The van der Waals surface area contributed by atoms with Crippen LogP contribution in [0.4, 0.5) is 0 Å². The van der Waals surface area contributed by atoms with Crippen molar-refractivity contribution in [3.8, 4) is 0 Å². The van der Waals surface area contributed by atoms with Gasteiger partial charge in [-0.2, -0.15) is 0 Å². The maximum atomic E-state index is 13.1. The minimum atomic E-state index is -0.507. The van der Waals surface area contributed by atoms with Gasteiger partial charge in [0.2, 0.25) is 0 Å². The molecule has 1 fully saturated rings. The summed E-state index contributed by atoms with van der Waals surface area (Å²) < 4.78 is 16.9. The molecule has 0 radical (unpaired) electrons. The zero-order valence-corrected chi connectivity index (χ0v) is 16.6. The van der Waals surface area contributed by atoms with E-state index in [9.17, 15) is 14.4 Å². The van der Waals surface area contributed by atoms with Crippen LogP contribution in [-0.2, 0) is 25.5 Å². The van der Waals surface area contributed by atoms with E-state index in [1.165, 1.54) is 13.2 Å². The van der Waals surface area contributed by atoms with Crippen molar-refractivity contribution in [1.29, 1.82) is 0 Å². The van der Waals surface area contributed by atoms with Crippen LogP contribution >= 0.6 is 11.8 Å². The number of fused-ring (bicyclic) bond motifs is 1. The van der Waals surface area contributed by atoms with Gasteiger partial charge in [-0.1, -0.05) is 11.8 Å². The van der Waals surface area contributed by atoms with E-state index in [-0.39, 0.29) is 30.0 Å². The van der Waals surface area contributed by atoms with Crippen molar-refractivity contribution in [3.05, 3.63) is 34.1 Å². The quantitative estimate of drug-likeness (QED) is 0.391. The topological polar surface area (TPSA) is 96.7 Å². The number of esters is 2. The summed E-state index contributed by atoms with van der Waals surface area (Å²) >= 11 is 1.13. The smallest absolute Gasteiger partial charge is 0.337 e. The van der Waals surface area contributed by atoms with Crippen molar-refractivity contribution >= 4 is 34.6 Å². The molecule has 0 N–H and O–H groups in total. The highest BCUT2D eigenvalue weighted by atomic mass is 32.2. The molecular weight excluding hydrogens is 384 g/mol. The third-order valence-corrected chi connectivity index (χ3v) is 5.33. The van der Waals surface area contributed by atoms with Gasteiger partial charge in [0.05, 0.1) is 48.6 Å². The molecule has 28 heavy (non-hydrogen) atoms. The third kappa shape index (κ3) is 4.53. The molecule has 1 atom stereocenters. The second-order valence-corrected chi connectivity index (χ2v) is 7.20. The van der Waals surface area contributed by atoms with Crippen LogP contribution in [0.2, 0.25) is 0 Å². The van der Waals surface area contributed by atoms with Gasteiger partial charge < -0.3 is 14.2 Å². The van der Waals surface area contributed by atoms with Gasteiger partial charge in [-0.15, -0.1) is 0 Å². The molecule has 2 aromatic rings. The predicted molar refractivity (Wildman–Crippen MR) is 104 cm³/mol. The zero-order valence-electron chi connectivity index (χ0n) is 15.8. The predicted octanol–water partition coefficient (Wildman–Crippen LogP) is 2.02. The Hall–Kier alpha value is -2.39. The fraction of sp³-hybridized carbons (Fsp3) is 0.474. The number of thioether (sulfide) groups is 1. The van der Waals surface area contributed by atoms with Crippen LogP contribution in [-0.4, -0.2) is 53.7 Å². The Kier molecular flexibility index (Phi) is 6.69. The molecule has 1 aromatic carbocycles. The monoisotopic (exact) mass is 406 g/mol. The first-order chi connectivity index (χ1) is 13.5. The molecule has 1 aliphatic rings. The van der Waals surface area contributed by atoms with Crippen LogP contribution in [0.5, 0.6) is 0 Å². The summed E-state index contributed by atoms with van der Waals surface area (Å²) in [5.74, 6) is -0.852. The fourth-order valence-electron chi connectivity index (χ4n) is 3.03. The number of nitrogens with zero attached hydrogens (tertiary/aromatic N) is 2. The number of benzene rings is 1. The maximum absolute atomic E-state index is 13.1. The molecule has 150 valence electrons. The van der Waals surface area contributed by atoms with Gasteiger partial charge in [-0.3, -0.25) is 14.2 Å². The van der Waals surface area contributed by atoms with E-state index >= 15 is 0 Å². The number of aromatic nitrogens is 2. The molecule has 0 aliphatic carbocycles. The molecule has 3 rings (SSSR count). The lowest BCUT2D eigenvalue weighted by Crippen LogP contribution is -2.29. The Morgan fingerprint density at radius 3 is 2.89 bits per heavy atom. The molecule has 0 saturated carbocycles. The van der Waals surface area contributed by atoms with Crippen molar-refractivity contribution in [2.45, 2.75) is 37.6 Å². The summed E-state index contributed by atoms with van der Waals surface area (Å²) in [5.41, 5.74) is 0.450. The summed E-state index contributed by atoms with van der Waals surface area (Å²) in [4.78, 5) is 41.2. The number of rotatable bonds is 7. The van der Waals surface area contributed by atoms with E-state index in [0.717, 1.165) is 24.6 Å². The van der Waals surface area contributed by atoms with Crippen LogP contribution in [0, 0.1) is 0 Å². The molecule has 8 nitrogen and oxygen atoms in total. The molecule has 0 unspecified atom stereocenters. The first-order valence-corrected chi connectivity index (χ1v) is 10.0. The minimum Gasteiger partial charge on any atom is -0.465 e. The van der Waals surface area contributed by atoms with Crippen molar-refractivity contribution in [2.24, 2.45) is 0 Å². The van der Waals surface area contributed by atoms with Gasteiger partial charge >= 0.3 is 11.9 Å². The minimum absolute atomic E-state index is 0.0357. The van der Waals surface area contributed by atoms with Gasteiger partial charge in [-0.05, 0) is 38.0 Å². The summed E-state index contributed by atoms with van der Waals surface area (Å²) in [5, 5.41) is 0.786. The Morgan fingerprint density at radius 1 is 1.39 bits per heavy atom. The Balaban J connectivity index is 2.01.